The molecule has 21 heavy (non-hydrogen) atoms. The molecule has 0 radical (unpaired) electrons. The van der Waals surface area contributed by atoms with Crippen LogP contribution in [0.3, 0.4) is 0 Å². The number of methoxy groups -OCH3 is 1. The van der Waals surface area contributed by atoms with Gasteiger partial charge in [0.1, 0.15) is 0 Å². The Bertz CT molecular complexity index is 786. The lowest BCUT2D eigenvalue weighted by Gasteiger charge is -2.06. The van der Waals surface area contributed by atoms with Crippen molar-refractivity contribution in [1.29, 1.82) is 0 Å². The zero-order valence-corrected chi connectivity index (χ0v) is 12.8. The number of anilines is 1. The van der Waals surface area contributed by atoms with Crippen LogP contribution in [0.25, 0.3) is 22.5 Å². The Labute approximate surface area is 129 Å². The van der Waals surface area contributed by atoms with Gasteiger partial charge in [0, 0.05) is 10.7 Å². The summed E-state index contributed by atoms with van der Waals surface area (Å²) in [6, 6.07) is 11.4. The lowest BCUT2D eigenvalue weighted by atomic mass is 10.0. The van der Waals surface area contributed by atoms with Crippen LogP contribution in [-0.2, 0) is 0 Å². The van der Waals surface area contributed by atoms with Crippen molar-refractivity contribution in [3.63, 3.8) is 0 Å². The van der Waals surface area contributed by atoms with Crippen LogP contribution in [0, 0.1) is 0 Å². The molecule has 0 aliphatic heterocycles. The average molecular weight is 346 g/mol. The summed E-state index contributed by atoms with van der Waals surface area (Å²) < 4.78 is 11.6. The molecule has 0 atom stereocenters. The zero-order chi connectivity index (χ0) is 14.8. The number of halogens is 1. The summed E-state index contributed by atoms with van der Waals surface area (Å²) in [5.41, 5.74) is 8.31. The van der Waals surface area contributed by atoms with Gasteiger partial charge in [0.25, 0.3) is 0 Å². The fraction of sp³-hybridized carbons (Fsp3) is 0.0667. The fourth-order valence-corrected chi connectivity index (χ4v) is 2.53. The number of nitrogen functional groups attached to an aromatic ring is 1. The highest BCUT2D eigenvalue weighted by atomic mass is 79.9. The summed E-state index contributed by atoms with van der Waals surface area (Å²) in [6.07, 6.45) is 1.65. The molecule has 0 aliphatic carbocycles. The summed E-state index contributed by atoms with van der Waals surface area (Å²) in [5, 5.41) is 3.88. The van der Waals surface area contributed by atoms with Gasteiger partial charge in [-0.25, -0.2) is 4.98 Å². The molecule has 0 spiro atoms. The van der Waals surface area contributed by atoms with Crippen LogP contribution in [0.2, 0.25) is 0 Å². The molecule has 3 aromatic rings. The summed E-state index contributed by atoms with van der Waals surface area (Å²) in [6.45, 7) is 0. The maximum absolute atomic E-state index is 5.97. The second-order valence-corrected chi connectivity index (χ2v) is 5.26. The average Bonchev–Trinajstić information content (AvgIpc) is 2.88. The minimum atomic E-state index is 0.328. The van der Waals surface area contributed by atoms with E-state index in [9.17, 15) is 0 Å². The molecule has 0 bridgehead atoms. The molecule has 0 amide bonds. The number of hydrogen-bond acceptors (Lipinski definition) is 5. The van der Waals surface area contributed by atoms with Gasteiger partial charge in [0.05, 0.1) is 18.2 Å². The van der Waals surface area contributed by atoms with Gasteiger partial charge < -0.3 is 15.0 Å². The number of aromatic nitrogens is 2. The molecule has 2 N–H and O–H groups in total. The van der Waals surface area contributed by atoms with Crippen molar-refractivity contribution in [1.82, 2.24) is 10.1 Å². The van der Waals surface area contributed by atoms with Crippen LogP contribution in [0.4, 0.5) is 5.82 Å². The van der Waals surface area contributed by atoms with Crippen LogP contribution < -0.4 is 10.5 Å². The highest BCUT2D eigenvalue weighted by molar-refractivity contribution is 9.10. The molecule has 106 valence electrons. The highest BCUT2D eigenvalue weighted by Gasteiger charge is 2.21. The summed E-state index contributed by atoms with van der Waals surface area (Å²) in [4.78, 5) is 4.18. The first-order chi connectivity index (χ1) is 10.2. The number of pyridine rings is 1. The van der Waals surface area contributed by atoms with Gasteiger partial charge in [-0.15, -0.1) is 0 Å². The van der Waals surface area contributed by atoms with E-state index in [2.05, 4.69) is 26.1 Å². The monoisotopic (exact) mass is 345 g/mol. The van der Waals surface area contributed by atoms with E-state index in [4.69, 9.17) is 15.0 Å². The van der Waals surface area contributed by atoms with Gasteiger partial charge in [-0.1, -0.05) is 33.2 Å². The molecule has 0 saturated carbocycles. The summed E-state index contributed by atoms with van der Waals surface area (Å²) in [7, 11) is 1.56. The number of nitrogens with two attached hydrogens (primary N) is 1. The van der Waals surface area contributed by atoms with Crippen molar-refractivity contribution < 1.29 is 9.26 Å². The molecule has 5 nitrogen and oxygen atoms in total. The van der Waals surface area contributed by atoms with E-state index >= 15 is 0 Å². The third-order valence-electron chi connectivity index (χ3n) is 3.04. The van der Waals surface area contributed by atoms with E-state index in [1.54, 1.807) is 19.4 Å². The summed E-state index contributed by atoms with van der Waals surface area (Å²) >= 11 is 3.45. The van der Waals surface area contributed by atoms with E-state index in [1.165, 1.54) is 0 Å². The van der Waals surface area contributed by atoms with Crippen LogP contribution in [0.15, 0.2) is 51.6 Å². The van der Waals surface area contributed by atoms with Gasteiger partial charge in [0.2, 0.25) is 5.88 Å². The van der Waals surface area contributed by atoms with Gasteiger partial charge in [-0.3, -0.25) is 0 Å². The van der Waals surface area contributed by atoms with Gasteiger partial charge in [0.15, 0.2) is 11.6 Å². The Kier molecular flexibility index (Phi) is 3.62. The molecule has 0 fully saturated rings. The van der Waals surface area contributed by atoms with Gasteiger partial charge in [-0.2, -0.15) is 0 Å². The maximum Gasteiger partial charge on any atom is 0.224 e. The zero-order valence-electron chi connectivity index (χ0n) is 11.2. The first-order valence-corrected chi connectivity index (χ1v) is 7.00. The number of ether oxygens (including phenoxy) is 1. The quantitative estimate of drug-likeness (QED) is 0.782. The number of hydrogen-bond donors (Lipinski definition) is 1. The Morgan fingerprint density at radius 3 is 2.86 bits per heavy atom. The number of benzene rings is 1. The normalized spacial score (nSPS) is 10.6. The van der Waals surface area contributed by atoms with E-state index in [1.807, 2.05) is 30.3 Å². The van der Waals surface area contributed by atoms with Crippen LogP contribution >= 0.6 is 15.9 Å². The highest BCUT2D eigenvalue weighted by Crippen LogP contribution is 2.40. The standard InChI is InChI=1S/C15H12BrN3O2/c1-20-15-11(6-3-7-18-15)13-12(14(17)19-21-13)9-4-2-5-10(16)8-9/h2-8H,1H3,(H2,17,19). The largest absolute Gasteiger partial charge is 0.480 e. The van der Waals surface area contributed by atoms with E-state index < -0.39 is 0 Å². The van der Waals surface area contributed by atoms with Crippen molar-refractivity contribution in [3.8, 4) is 28.3 Å². The lowest BCUT2D eigenvalue weighted by Crippen LogP contribution is -1.92. The molecule has 1 aromatic carbocycles. The second-order valence-electron chi connectivity index (χ2n) is 4.34. The fourth-order valence-electron chi connectivity index (χ4n) is 2.14. The van der Waals surface area contributed by atoms with E-state index in [-0.39, 0.29) is 0 Å². The Hall–Kier alpha value is -2.34. The predicted molar refractivity (Wildman–Crippen MR) is 83.8 cm³/mol. The minimum absolute atomic E-state index is 0.328. The van der Waals surface area contributed by atoms with Crippen molar-refractivity contribution >= 4 is 21.7 Å². The number of rotatable bonds is 3. The van der Waals surface area contributed by atoms with Gasteiger partial charge in [-0.05, 0) is 29.8 Å². The first kappa shape index (κ1) is 13.6. The van der Waals surface area contributed by atoms with Crippen LogP contribution in [0.1, 0.15) is 0 Å². The Morgan fingerprint density at radius 1 is 1.24 bits per heavy atom. The van der Waals surface area contributed by atoms with E-state index in [0.717, 1.165) is 15.6 Å². The number of nitrogens with zero attached hydrogens (tertiary/aromatic N) is 2. The lowest BCUT2D eigenvalue weighted by molar-refractivity contribution is 0.393. The molecule has 6 heteroatoms. The Morgan fingerprint density at radius 2 is 2.10 bits per heavy atom. The Balaban J connectivity index is 2.22. The second kappa shape index (κ2) is 5.57. The molecular formula is C15H12BrN3O2. The first-order valence-electron chi connectivity index (χ1n) is 6.21. The van der Waals surface area contributed by atoms with Crippen LogP contribution in [-0.4, -0.2) is 17.3 Å². The molecule has 3 rings (SSSR count). The third kappa shape index (κ3) is 2.50. The van der Waals surface area contributed by atoms with Crippen molar-refractivity contribution in [2.45, 2.75) is 0 Å². The molecular weight excluding hydrogens is 334 g/mol. The van der Waals surface area contributed by atoms with Gasteiger partial charge >= 0.3 is 0 Å². The van der Waals surface area contributed by atoms with Crippen molar-refractivity contribution in [2.24, 2.45) is 0 Å². The smallest absolute Gasteiger partial charge is 0.224 e. The molecule has 0 aliphatic rings. The van der Waals surface area contributed by atoms with Crippen LogP contribution in [0.5, 0.6) is 5.88 Å². The molecule has 0 saturated heterocycles. The van der Waals surface area contributed by atoms with E-state index in [0.29, 0.717) is 23.0 Å². The topological polar surface area (TPSA) is 74.2 Å². The third-order valence-corrected chi connectivity index (χ3v) is 3.53. The van der Waals surface area contributed by atoms with Crippen molar-refractivity contribution in [2.75, 3.05) is 12.8 Å². The maximum atomic E-state index is 5.97. The van der Waals surface area contributed by atoms with Crippen molar-refractivity contribution in [3.05, 3.63) is 47.1 Å². The summed E-state index contributed by atoms with van der Waals surface area (Å²) in [5.74, 6) is 1.33. The predicted octanol–water partition coefficient (Wildman–Crippen LogP) is 3.76. The SMILES string of the molecule is COc1ncccc1-c1onc(N)c1-c1cccc(Br)c1. The molecule has 2 aromatic heterocycles. The molecule has 0 unspecified atom stereocenters. The molecule has 2 heterocycles. The minimum Gasteiger partial charge on any atom is -0.480 e.